The minimum atomic E-state index is -3.35. The number of unbranched alkanes of at least 4 members (excludes halogenated alkanes) is 1. The molecule has 16 heteroatoms. The van der Waals surface area contributed by atoms with E-state index in [9.17, 15) is 26.8 Å². The number of rotatable bonds is 15. The van der Waals surface area contributed by atoms with Crippen molar-refractivity contribution in [2.45, 2.75) is 45.2 Å². The number of hydrogen-bond donors (Lipinski definition) is 3. The van der Waals surface area contributed by atoms with Crippen molar-refractivity contribution in [1.82, 2.24) is 20.0 Å². The number of nitrogens with one attached hydrogen (secondary N) is 3. The van der Waals surface area contributed by atoms with Crippen LogP contribution in [0.5, 0.6) is 11.5 Å². The first-order valence-electron chi connectivity index (χ1n) is 16.4. The molecular weight excluding hydrogens is 725 g/mol. The summed E-state index contributed by atoms with van der Waals surface area (Å²) in [5, 5.41) is 5.22. The van der Waals surface area contributed by atoms with Crippen molar-refractivity contribution >= 4 is 58.2 Å². The Balaban J connectivity index is 0.00000451. The number of likely N-dealkylation sites (tertiary alicyclic amines) is 1. The van der Waals surface area contributed by atoms with Crippen molar-refractivity contribution in [2.75, 3.05) is 63.1 Å². The van der Waals surface area contributed by atoms with E-state index in [1.165, 1.54) is 0 Å². The van der Waals surface area contributed by atoms with Gasteiger partial charge < -0.3 is 25.2 Å². The van der Waals surface area contributed by atoms with Gasteiger partial charge in [0, 0.05) is 57.1 Å². The molecule has 0 bridgehead atoms. The van der Waals surface area contributed by atoms with Gasteiger partial charge in [-0.05, 0) is 81.4 Å². The summed E-state index contributed by atoms with van der Waals surface area (Å²) in [5.74, 6) is -1.39. The molecule has 1 fully saturated rings. The number of ether oxygens (including phenoxy) is 1. The lowest BCUT2D eigenvalue weighted by molar-refractivity contribution is 0.0946. The Morgan fingerprint density at radius 2 is 1.53 bits per heavy atom. The summed E-state index contributed by atoms with van der Waals surface area (Å²) in [6.07, 6.45) is 4.20. The topological polar surface area (TPSA) is 123 Å². The van der Waals surface area contributed by atoms with Gasteiger partial charge in [-0.15, -0.1) is 24.8 Å². The van der Waals surface area contributed by atoms with Crippen LogP contribution in [0.25, 0.3) is 0 Å². The third-order valence-corrected chi connectivity index (χ3v) is 8.73. The molecule has 1 aliphatic heterocycles. The van der Waals surface area contributed by atoms with E-state index >= 15 is 0 Å². The molecule has 3 N–H and O–H groups in total. The molecule has 3 amide bonds. The number of sulfonamides is 1. The van der Waals surface area contributed by atoms with E-state index in [2.05, 4.69) is 20.3 Å². The van der Waals surface area contributed by atoms with Crippen LogP contribution in [0.1, 0.15) is 48.5 Å². The summed E-state index contributed by atoms with van der Waals surface area (Å²) < 4.78 is 60.4. The molecule has 0 atom stereocenters. The Kier molecular flexibility index (Phi) is 17.4. The predicted molar refractivity (Wildman–Crippen MR) is 202 cm³/mol. The van der Waals surface area contributed by atoms with Gasteiger partial charge in [0.1, 0.15) is 23.1 Å². The number of nitrogens with zero attached hydrogens (tertiary/aromatic N) is 3. The molecule has 4 rings (SSSR count). The molecule has 282 valence electrons. The first-order valence-corrected chi connectivity index (χ1v) is 18.3. The monoisotopic (exact) mass is 772 g/mol. The van der Waals surface area contributed by atoms with Crippen LogP contribution >= 0.6 is 24.8 Å². The maximum atomic E-state index is 14.8. The predicted octanol–water partition coefficient (Wildman–Crippen LogP) is 6.56. The van der Waals surface area contributed by atoms with Gasteiger partial charge in [0.15, 0.2) is 0 Å². The number of hydrogen-bond acceptors (Lipinski definition) is 7. The SMILES string of the molecule is CCCCN(C(=O)Nc1cc(C(=O)NCCN(C)C)c(F)cc1F)C1CCN(Cc2ccc(Oc3ccc(NS(C)(=O)=O)cc3)cc2)CC1.Cl.Cl. The van der Waals surface area contributed by atoms with Crippen LogP contribution < -0.4 is 20.1 Å². The van der Waals surface area contributed by atoms with Crippen LogP contribution in [0.2, 0.25) is 0 Å². The Bertz CT molecular complexity index is 1680. The molecule has 51 heavy (non-hydrogen) atoms. The maximum Gasteiger partial charge on any atom is 0.322 e. The minimum absolute atomic E-state index is 0. The fourth-order valence-corrected chi connectivity index (χ4v) is 6.09. The van der Waals surface area contributed by atoms with Gasteiger partial charge in [0.25, 0.3) is 5.91 Å². The average molecular weight is 774 g/mol. The van der Waals surface area contributed by atoms with Crippen molar-refractivity contribution in [2.24, 2.45) is 0 Å². The number of anilines is 2. The second-order valence-corrected chi connectivity index (χ2v) is 14.2. The third kappa shape index (κ3) is 13.8. The molecule has 0 aliphatic carbocycles. The summed E-state index contributed by atoms with van der Waals surface area (Å²) in [6.45, 7) is 5.61. The fraction of sp³-hybridized carbons (Fsp3) is 0.429. The lowest BCUT2D eigenvalue weighted by atomic mass is 10.0. The van der Waals surface area contributed by atoms with Crippen molar-refractivity contribution in [3.8, 4) is 11.5 Å². The molecule has 3 aromatic carbocycles. The van der Waals surface area contributed by atoms with E-state index in [0.717, 1.165) is 63.2 Å². The summed E-state index contributed by atoms with van der Waals surface area (Å²) in [7, 11) is 0.335. The van der Waals surface area contributed by atoms with Gasteiger partial charge in [0.05, 0.1) is 17.5 Å². The van der Waals surface area contributed by atoms with Crippen LogP contribution in [0, 0.1) is 11.6 Å². The second-order valence-electron chi connectivity index (χ2n) is 12.5. The van der Waals surface area contributed by atoms with Gasteiger partial charge in [-0.3, -0.25) is 14.4 Å². The highest BCUT2D eigenvalue weighted by Crippen LogP contribution is 2.26. The summed E-state index contributed by atoms with van der Waals surface area (Å²) >= 11 is 0. The van der Waals surface area contributed by atoms with Crippen molar-refractivity contribution < 1.29 is 31.5 Å². The molecule has 0 radical (unpaired) electrons. The zero-order chi connectivity index (χ0) is 35.6. The van der Waals surface area contributed by atoms with E-state index in [0.29, 0.717) is 42.9 Å². The number of benzene rings is 3. The summed E-state index contributed by atoms with van der Waals surface area (Å²) in [5.41, 5.74) is 0.988. The zero-order valence-corrected chi connectivity index (χ0v) is 31.7. The third-order valence-electron chi connectivity index (χ3n) is 8.12. The number of amides is 3. The van der Waals surface area contributed by atoms with E-state index in [1.54, 1.807) is 29.2 Å². The number of piperidine rings is 1. The Labute approximate surface area is 312 Å². The van der Waals surface area contributed by atoms with E-state index in [-0.39, 0.29) is 42.1 Å². The molecular formula is C35H48Cl2F2N6O5S. The smallest absolute Gasteiger partial charge is 0.322 e. The fourth-order valence-electron chi connectivity index (χ4n) is 5.52. The maximum absolute atomic E-state index is 14.8. The number of likely N-dealkylation sites (N-methyl/N-ethyl adjacent to an activating group) is 1. The van der Waals surface area contributed by atoms with Crippen LogP contribution in [-0.4, -0.2) is 94.2 Å². The largest absolute Gasteiger partial charge is 0.457 e. The molecule has 0 unspecified atom stereocenters. The van der Waals surface area contributed by atoms with E-state index in [1.807, 2.05) is 50.2 Å². The van der Waals surface area contributed by atoms with Gasteiger partial charge in [-0.2, -0.15) is 0 Å². The zero-order valence-electron chi connectivity index (χ0n) is 29.3. The van der Waals surface area contributed by atoms with Crippen molar-refractivity contribution in [3.63, 3.8) is 0 Å². The van der Waals surface area contributed by atoms with Crippen molar-refractivity contribution in [3.05, 3.63) is 83.4 Å². The molecule has 0 aromatic heterocycles. The Morgan fingerprint density at radius 1 is 0.922 bits per heavy atom. The highest BCUT2D eigenvalue weighted by molar-refractivity contribution is 7.92. The first-order chi connectivity index (χ1) is 23.3. The summed E-state index contributed by atoms with van der Waals surface area (Å²) in [4.78, 5) is 32.0. The first kappa shape index (κ1) is 43.5. The molecule has 1 aliphatic rings. The molecule has 3 aromatic rings. The van der Waals surface area contributed by atoms with Crippen LogP contribution in [0.15, 0.2) is 60.7 Å². The highest BCUT2D eigenvalue weighted by Gasteiger charge is 2.29. The molecule has 1 saturated heterocycles. The molecule has 11 nitrogen and oxygen atoms in total. The number of carbonyl (C=O) groups is 2. The van der Waals surface area contributed by atoms with Crippen LogP contribution in [-0.2, 0) is 16.6 Å². The van der Waals surface area contributed by atoms with Gasteiger partial charge in [0.2, 0.25) is 10.0 Å². The van der Waals surface area contributed by atoms with Gasteiger partial charge >= 0.3 is 6.03 Å². The van der Waals surface area contributed by atoms with Crippen LogP contribution in [0.3, 0.4) is 0 Å². The normalized spacial score (nSPS) is 13.5. The van der Waals surface area contributed by atoms with Crippen LogP contribution in [0.4, 0.5) is 25.0 Å². The lowest BCUT2D eigenvalue weighted by Crippen LogP contribution is -2.49. The molecule has 0 saturated carbocycles. The van der Waals surface area contributed by atoms with E-state index in [4.69, 9.17) is 4.74 Å². The van der Waals surface area contributed by atoms with Gasteiger partial charge in [-0.1, -0.05) is 25.5 Å². The number of halogens is 4. The van der Waals surface area contributed by atoms with Crippen molar-refractivity contribution in [1.29, 1.82) is 0 Å². The molecule has 0 spiro atoms. The number of urea groups is 1. The number of carbonyl (C=O) groups excluding carboxylic acids is 2. The second kappa shape index (κ2) is 20.4. The quantitative estimate of drug-likeness (QED) is 0.160. The summed E-state index contributed by atoms with van der Waals surface area (Å²) in [6, 6.07) is 15.6. The minimum Gasteiger partial charge on any atom is -0.457 e. The Morgan fingerprint density at radius 3 is 2.10 bits per heavy atom. The average Bonchev–Trinajstić information content (AvgIpc) is 3.04. The standard InChI is InChI=1S/C35H46F2N6O5S.2ClH/c1-5-6-18-43(35(45)39-33-22-30(31(36)23-32(33)37)34(44)38-17-21-41(2)3)27-15-19-42(20-16-27)24-25-7-11-28(12-8-25)48-29-13-9-26(10-14-29)40-49(4,46)47;;/h7-14,22-23,27,40H,5-6,15-21,24H2,1-4H3,(H,38,44)(H,39,45);2*1H. The lowest BCUT2D eigenvalue weighted by Gasteiger charge is -2.38. The molecule has 1 heterocycles. The van der Waals surface area contributed by atoms with Gasteiger partial charge in [-0.25, -0.2) is 22.0 Å². The highest BCUT2D eigenvalue weighted by atomic mass is 35.5. The van der Waals surface area contributed by atoms with E-state index < -0.39 is 33.6 Å². The Hall–Kier alpha value is -3.69.